The molecule has 4 heterocycles. The van der Waals surface area contributed by atoms with Crippen molar-refractivity contribution in [3.63, 3.8) is 0 Å². The van der Waals surface area contributed by atoms with E-state index >= 15 is 0 Å². The number of likely N-dealkylation sites (tertiary alicyclic amines) is 1. The second kappa shape index (κ2) is 11.2. The van der Waals surface area contributed by atoms with E-state index in [0.717, 1.165) is 10.7 Å². The molecule has 4 aromatic rings. The fraction of sp³-hybridized carbons (Fsp3) is 0.290. The molecule has 0 saturated carbocycles. The lowest BCUT2D eigenvalue weighted by Crippen LogP contribution is -2.57. The molecule has 0 aliphatic carbocycles. The molecule has 240 valence electrons. The summed E-state index contributed by atoms with van der Waals surface area (Å²) < 4.78 is 109. The number of pyridine rings is 1. The Balaban J connectivity index is 1.28. The molecule has 2 aliphatic heterocycles. The predicted octanol–water partition coefficient (Wildman–Crippen LogP) is 6.70. The number of hydrogen-bond acceptors (Lipinski definition) is 5. The lowest BCUT2D eigenvalue weighted by Gasteiger charge is -2.44. The lowest BCUT2D eigenvalue weighted by molar-refractivity contribution is -0.140. The van der Waals surface area contributed by atoms with Gasteiger partial charge in [0.15, 0.2) is 11.5 Å². The number of nitrogens with zero attached hydrogens (tertiary/aromatic N) is 5. The Kier molecular flexibility index (Phi) is 7.60. The van der Waals surface area contributed by atoms with Crippen molar-refractivity contribution in [2.24, 2.45) is 0 Å². The molecule has 2 aromatic carbocycles. The van der Waals surface area contributed by atoms with Gasteiger partial charge in [-0.3, -0.25) is 14.6 Å². The van der Waals surface area contributed by atoms with E-state index in [2.05, 4.69) is 10.1 Å². The molecule has 2 aromatic heterocycles. The zero-order valence-electron chi connectivity index (χ0n) is 23.7. The molecule has 1 spiro atoms. The molecule has 0 N–H and O–H groups in total. The second-order valence-electron chi connectivity index (χ2n) is 11.0. The van der Waals surface area contributed by atoms with E-state index in [9.17, 15) is 44.7 Å². The van der Waals surface area contributed by atoms with Crippen LogP contribution in [0.25, 0.3) is 16.9 Å². The Bertz CT molecular complexity index is 1810. The average molecular weight is 650 g/mol. The van der Waals surface area contributed by atoms with Crippen molar-refractivity contribution in [2.45, 2.75) is 37.2 Å². The number of Topliss-reactive ketones (excluding diaryl/α,β-unsaturated/α-hetero) is 1. The molecule has 1 amide bonds. The summed E-state index contributed by atoms with van der Waals surface area (Å²) in [4.78, 5) is 33.8. The van der Waals surface area contributed by atoms with Crippen LogP contribution in [-0.4, -0.2) is 56.5 Å². The van der Waals surface area contributed by atoms with Crippen LogP contribution in [0.4, 0.5) is 40.8 Å². The Morgan fingerprint density at radius 3 is 2.13 bits per heavy atom. The van der Waals surface area contributed by atoms with Crippen LogP contribution in [0.15, 0.2) is 67.0 Å². The molecule has 0 unspecified atom stereocenters. The number of rotatable bonds is 4. The summed E-state index contributed by atoms with van der Waals surface area (Å²) in [5.41, 5.74) is -3.56. The summed E-state index contributed by atoms with van der Waals surface area (Å²) in [6, 6.07) is 9.47. The van der Waals surface area contributed by atoms with Gasteiger partial charge in [0.25, 0.3) is 5.91 Å². The van der Waals surface area contributed by atoms with Crippen molar-refractivity contribution in [1.82, 2.24) is 19.7 Å². The first-order chi connectivity index (χ1) is 21.7. The highest BCUT2D eigenvalue weighted by Crippen LogP contribution is 2.42. The van der Waals surface area contributed by atoms with Gasteiger partial charge in [0, 0.05) is 55.8 Å². The van der Waals surface area contributed by atoms with Gasteiger partial charge in [-0.1, -0.05) is 0 Å². The number of piperidine rings is 1. The van der Waals surface area contributed by atoms with E-state index in [-0.39, 0.29) is 67.4 Å². The molecule has 0 bridgehead atoms. The fourth-order valence-corrected chi connectivity index (χ4v) is 6.14. The van der Waals surface area contributed by atoms with Gasteiger partial charge in [-0.25, -0.2) is 13.5 Å². The highest BCUT2D eigenvalue weighted by molar-refractivity contribution is 5.97. The van der Waals surface area contributed by atoms with Crippen LogP contribution >= 0.6 is 0 Å². The smallest absolute Gasteiger partial charge is 0.358 e. The average Bonchev–Trinajstić information content (AvgIpc) is 3.59. The van der Waals surface area contributed by atoms with E-state index in [4.69, 9.17) is 0 Å². The summed E-state index contributed by atoms with van der Waals surface area (Å²) in [5.74, 6) is -3.74. The quantitative estimate of drug-likeness (QED) is 0.230. The summed E-state index contributed by atoms with van der Waals surface area (Å²) in [6.07, 6.45) is -6.70. The highest BCUT2D eigenvalue weighted by Gasteiger charge is 2.51. The summed E-state index contributed by atoms with van der Waals surface area (Å²) in [7, 11) is 0. The van der Waals surface area contributed by atoms with Gasteiger partial charge < -0.3 is 9.80 Å². The van der Waals surface area contributed by atoms with Gasteiger partial charge in [0.2, 0.25) is 0 Å². The number of alkyl halides is 6. The first kappa shape index (κ1) is 31.2. The van der Waals surface area contributed by atoms with Crippen molar-refractivity contribution < 1.29 is 44.7 Å². The maximum Gasteiger partial charge on any atom is 0.419 e. The van der Waals surface area contributed by atoms with Crippen LogP contribution in [0.1, 0.15) is 40.9 Å². The van der Waals surface area contributed by atoms with E-state index in [1.54, 1.807) is 17.0 Å². The first-order valence-electron chi connectivity index (χ1n) is 14.0. The van der Waals surface area contributed by atoms with Gasteiger partial charge in [-0.05, 0) is 61.4 Å². The molecule has 7 nitrogen and oxygen atoms in total. The number of benzene rings is 2. The number of anilines is 1. The van der Waals surface area contributed by atoms with Crippen LogP contribution in [0.2, 0.25) is 0 Å². The Hall–Kier alpha value is -4.82. The predicted molar refractivity (Wildman–Crippen MR) is 148 cm³/mol. The minimum absolute atomic E-state index is 0.0262. The Morgan fingerprint density at radius 2 is 1.50 bits per heavy atom. The molecule has 0 atom stereocenters. The van der Waals surface area contributed by atoms with Crippen LogP contribution in [0, 0.1) is 11.6 Å². The van der Waals surface area contributed by atoms with Crippen molar-refractivity contribution in [3.8, 4) is 16.9 Å². The highest BCUT2D eigenvalue weighted by atomic mass is 19.4. The molecule has 6 rings (SSSR count). The van der Waals surface area contributed by atoms with Crippen LogP contribution in [-0.2, 0) is 17.1 Å². The van der Waals surface area contributed by atoms with Crippen LogP contribution in [0.3, 0.4) is 0 Å². The SMILES string of the molecule is O=C(c1cc(-c2cccnc2)n(-c2ccc(C(F)(F)F)c(F)c2)n1)N1CCC2(CC1)C(=O)CCN2c1ccc(F)c(C(F)(F)F)c1. The number of ketones is 1. The molecule has 46 heavy (non-hydrogen) atoms. The van der Waals surface area contributed by atoms with E-state index < -0.39 is 46.6 Å². The molecular weight excluding hydrogens is 626 g/mol. The number of hydrogen-bond donors (Lipinski definition) is 0. The maximum atomic E-state index is 14.5. The van der Waals surface area contributed by atoms with Crippen molar-refractivity contribution in [1.29, 1.82) is 0 Å². The number of carbonyl (C=O) groups excluding carboxylic acids is 2. The van der Waals surface area contributed by atoms with Gasteiger partial charge >= 0.3 is 12.4 Å². The van der Waals surface area contributed by atoms with Crippen molar-refractivity contribution in [2.75, 3.05) is 24.5 Å². The number of aromatic nitrogens is 3. The molecule has 2 fully saturated rings. The largest absolute Gasteiger partial charge is 0.419 e. The number of amides is 1. The molecular formula is C31H23F8N5O2. The molecule has 15 heteroatoms. The van der Waals surface area contributed by atoms with Gasteiger partial charge in [-0.15, -0.1) is 0 Å². The topological polar surface area (TPSA) is 71.3 Å². The summed E-state index contributed by atoms with van der Waals surface area (Å²) in [6.45, 7) is 0.176. The van der Waals surface area contributed by atoms with E-state index in [0.29, 0.717) is 29.8 Å². The third-order valence-corrected chi connectivity index (χ3v) is 8.43. The van der Waals surface area contributed by atoms with Gasteiger partial charge in [0.05, 0.1) is 22.5 Å². The Morgan fingerprint density at radius 1 is 0.804 bits per heavy atom. The molecule has 2 aliphatic rings. The van der Waals surface area contributed by atoms with Crippen LogP contribution in [0.5, 0.6) is 0 Å². The summed E-state index contributed by atoms with van der Waals surface area (Å²) in [5, 5.41) is 4.30. The Labute approximate surface area is 256 Å². The molecule has 2 saturated heterocycles. The zero-order chi connectivity index (χ0) is 33.0. The van der Waals surface area contributed by atoms with Gasteiger partial charge in [0.1, 0.15) is 17.2 Å². The summed E-state index contributed by atoms with van der Waals surface area (Å²) >= 11 is 0. The third kappa shape index (κ3) is 5.47. The van der Waals surface area contributed by atoms with Crippen molar-refractivity contribution >= 4 is 17.4 Å². The standard InChI is InChI=1S/C31H23F8N5O2/c32-23-6-4-19(14-22(23)31(37,38)39)43-11-7-27(45)29(43)8-12-42(13-9-29)28(46)25-16-26(18-2-1-10-40-17-18)44(41-25)20-3-5-21(24(33)15-20)30(34,35)36/h1-6,10,14-17H,7-9,11-13H2. The maximum absolute atomic E-state index is 14.5. The normalized spacial score (nSPS) is 16.8. The minimum Gasteiger partial charge on any atom is -0.358 e. The minimum atomic E-state index is -4.93. The fourth-order valence-electron chi connectivity index (χ4n) is 6.14. The van der Waals surface area contributed by atoms with Crippen molar-refractivity contribution in [3.05, 3.63) is 95.4 Å². The molecule has 0 radical (unpaired) electrons. The lowest BCUT2D eigenvalue weighted by atomic mass is 9.83. The number of carbonyl (C=O) groups is 2. The van der Waals surface area contributed by atoms with E-state index in [1.807, 2.05) is 0 Å². The first-order valence-corrected chi connectivity index (χ1v) is 14.0. The van der Waals surface area contributed by atoms with Crippen LogP contribution < -0.4 is 4.90 Å². The second-order valence-corrected chi connectivity index (χ2v) is 11.0. The number of halogens is 8. The van der Waals surface area contributed by atoms with E-state index in [1.165, 1.54) is 29.4 Å². The monoisotopic (exact) mass is 649 g/mol. The zero-order valence-corrected chi connectivity index (χ0v) is 23.7. The third-order valence-electron chi connectivity index (χ3n) is 8.43. The van der Waals surface area contributed by atoms with Gasteiger partial charge in [-0.2, -0.15) is 31.4 Å².